The number of nitrogens with zero attached hydrogens (tertiary/aromatic N) is 6. The van der Waals surface area contributed by atoms with E-state index >= 15 is 0 Å². The number of hydrogen-bond donors (Lipinski definition) is 2. The van der Waals surface area contributed by atoms with E-state index in [-0.39, 0.29) is 21.6 Å². The van der Waals surface area contributed by atoms with Gasteiger partial charge in [0.1, 0.15) is 31.6 Å². The largest absolute Gasteiger partial charge is 3.00 e. The molecule has 0 unspecified atom stereocenters. The summed E-state index contributed by atoms with van der Waals surface area (Å²) in [6, 6.07) is 17.6. The molecule has 0 bridgehead atoms. The molecule has 0 aliphatic carbocycles. The van der Waals surface area contributed by atoms with Gasteiger partial charge in [-0.05, 0) is 36.0 Å². The molecule has 4 aromatic rings. The van der Waals surface area contributed by atoms with Gasteiger partial charge in [0.2, 0.25) is 0 Å². The second-order valence-electron chi connectivity index (χ2n) is 10.9. The minimum atomic E-state index is -5.35. The number of hydrogen-bond acceptors (Lipinski definition) is 22. The molecule has 0 spiro atoms. The van der Waals surface area contributed by atoms with E-state index in [1.54, 1.807) is 36.4 Å². The molecular weight excluding hydrogens is 869 g/mol. The van der Waals surface area contributed by atoms with Gasteiger partial charge in [-0.25, -0.2) is 16.8 Å². The van der Waals surface area contributed by atoms with Crippen LogP contribution in [0.1, 0.15) is 18.1 Å². The molecule has 0 heterocycles. The van der Waals surface area contributed by atoms with Crippen molar-refractivity contribution in [3.63, 3.8) is 0 Å². The fourth-order valence-electron chi connectivity index (χ4n) is 4.06. The Bertz CT molecular complexity index is 2460. The number of benzene rings is 4. The number of nitro groups is 2. The van der Waals surface area contributed by atoms with E-state index < -0.39 is 109 Å². The van der Waals surface area contributed by atoms with Crippen LogP contribution in [-0.4, -0.2) is 47.4 Å². The van der Waals surface area contributed by atoms with Gasteiger partial charge < -0.3 is 40.2 Å². The van der Waals surface area contributed by atoms with Crippen LogP contribution in [0, 0.1) is 20.2 Å². The zero-order chi connectivity index (χ0) is 43.5. The average molecular weight is 894 g/mol. The summed E-state index contributed by atoms with van der Waals surface area (Å²) in [7, 11) is -10.7. The van der Waals surface area contributed by atoms with E-state index in [4.69, 9.17) is 0 Å². The van der Waals surface area contributed by atoms with Gasteiger partial charge in [-0.15, -0.1) is 10.2 Å². The molecule has 27 heteroatoms. The summed E-state index contributed by atoms with van der Waals surface area (Å²) in [4.78, 5) is 40.3. The number of azo groups is 2. The second-order valence-corrected chi connectivity index (χ2v) is 13.6. The van der Waals surface area contributed by atoms with E-state index in [2.05, 4.69) is 31.1 Å². The Balaban J connectivity index is 0. The number of nitrogens with one attached hydrogen (secondary N) is 2. The molecule has 307 valence electrons. The Morgan fingerprint density at radius 1 is 0.610 bits per heavy atom. The zero-order valence-corrected chi connectivity index (χ0v) is 32.4. The molecule has 0 saturated carbocycles. The zero-order valence-electron chi connectivity index (χ0n) is 32.5. The summed E-state index contributed by atoms with van der Waals surface area (Å²) in [5.74, 6) is -6.58. The van der Waals surface area contributed by atoms with Crippen molar-refractivity contribution in [1.82, 2.24) is 0 Å². The first-order valence-corrected chi connectivity index (χ1v) is 18.1. The third-order valence-electron chi connectivity index (χ3n) is 6.68. The van der Waals surface area contributed by atoms with Crippen molar-refractivity contribution >= 4 is 65.9 Å². The van der Waals surface area contributed by atoms with Gasteiger partial charge in [0.15, 0.2) is 11.6 Å². The SMILES string of the molecule is CC(=O)/C(N=Nc1cc([N+](=O)[O-])cc(S(=O)(=O)[O-])c1[O-])=C(/[O-])Nc1ccccc1.CC(=O)/C(N=Nc1cc([N+](=O)[O-])cc(S(=O)(=O)[O-])c1[O-])=C(/[O-])Nc1ccccc1.[Cr+3].[H+].[H+].[H+]. The van der Waals surface area contributed by atoms with Crippen LogP contribution >= 0.6 is 0 Å². The number of non-ortho nitro benzene ring substituents is 2. The van der Waals surface area contributed by atoms with Gasteiger partial charge >= 0.3 is 21.6 Å². The van der Waals surface area contributed by atoms with Crippen LogP contribution in [0.25, 0.3) is 0 Å². The van der Waals surface area contributed by atoms with E-state index in [9.17, 15) is 76.2 Å². The summed E-state index contributed by atoms with van der Waals surface area (Å²) in [5.41, 5.74) is -4.49. The number of nitro benzene ring substituents is 2. The standard InChI is InChI=1S/2C16H14N4O8S.Cr/c2*1-9(21)14(16(23)17-10-5-3-2-4-6-10)19-18-12-7-11(20(24)25)8-13(15(12)22)29(26,27)28;/h2*2-8,17,22-23H,1H3,(H,26,27,28);/q;;+3/p-3/b2*16-14-,19-18?;. The molecule has 24 nitrogen and oxygen atoms in total. The quantitative estimate of drug-likeness (QED) is 0.0457. The van der Waals surface area contributed by atoms with Gasteiger partial charge in [0.25, 0.3) is 11.4 Å². The maximum atomic E-state index is 12.2. The Labute approximate surface area is 347 Å². The predicted molar refractivity (Wildman–Crippen MR) is 189 cm³/mol. The van der Waals surface area contributed by atoms with Gasteiger partial charge in [-0.2, -0.15) is 10.2 Å². The van der Waals surface area contributed by atoms with E-state index in [1.165, 1.54) is 24.3 Å². The van der Waals surface area contributed by atoms with Crippen molar-refractivity contribution in [2.45, 2.75) is 23.6 Å². The topological polar surface area (TPSA) is 401 Å². The molecule has 0 aromatic heterocycles. The molecule has 0 aliphatic rings. The van der Waals surface area contributed by atoms with Crippen molar-refractivity contribution in [3.8, 4) is 11.5 Å². The van der Waals surface area contributed by atoms with Crippen LogP contribution in [0.4, 0.5) is 34.1 Å². The molecule has 0 saturated heterocycles. The molecule has 1 radical (unpaired) electrons. The summed E-state index contributed by atoms with van der Waals surface area (Å²) in [6.07, 6.45) is 0. The van der Waals surface area contributed by atoms with Crippen LogP contribution in [0.15, 0.2) is 138 Å². The smallest absolute Gasteiger partial charge is 0.870 e. The fraction of sp³-hybridized carbons (Fsp3) is 0.0625. The number of anilines is 2. The molecule has 4 rings (SSSR count). The maximum absolute atomic E-state index is 12.2. The molecule has 4 aromatic carbocycles. The van der Waals surface area contributed by atoms with Crippen LogP contribution < -0.4 is 31.1 Å². The molecule has 59 heavy (non-hydrogen) atoms. The first-order valence-electron chi connectivity index (χ1n) is 15.2. The summed E-state index contributed by atoms with van der Waals surface area (Å²) < 4.78 is 67.0. The third kappa shape index (κ3) is 13.5. The summed E-state index contributed by atoms with van der Waals surface area (Å²) in [6.45, 7) is 1.97. The Morgan fingerprint density at radius 3 is 1.17 bits per heavy atom. The molecule has 2 N–H and O–H groups in total. The van der Waals surface area contributed by atoms with Crippen LogP contribution in [-0.2, 0) is 47.2 Å². The summed E-state index contributed by atoms with van der Waals surface area (Å²) in [5, 5.41) is 88.4. The Morgan fingerprint density at radius 2 is 0.915 bits per heavy atom. The third-order valence-corrected chi connectivity index (χ3v) is 8.36. The van der Waals surface area contributed by atoms with E-state index in [0.717, 1.165) is 13.8 Å². The van der Waals surface area contributed by atoms with Gasteiger partial charge in [-0.1, -0.05) is 47.9 Å². The minimum Gasteiger partial charge on any atom is -0.870 e. The van der Waals surface area contributed by atoms with E-state index in [0.29, 0.717) is 35.6 Å². The average Bonchev–Trinajstić information content (AvgIpc) is 3.12. The molecule has 0 amide bonds. The van der Waals surface area contributed by atoms with Crippen molar-refractivity contribution < 1.29 is 87.4 Å². The van der Waals surface area contributed by atoms with Crippen LogP contribution in [0.2, 0.25) is 0 Å². The van der Waals surface area contributed by atoms with Crippen LogP contribution in [0.5, 0.6) is 11.5 Å². The number of rotatable bonds is 14. The predicted octanol–water partition coefficient (Wildman–Crippen LogP) is 2.11. The van der Waals surface area contributed by atoms with Gasteiger partial charge in [0, 0.05) is 49.5 Å². The minimum absolute atomic E-state index is 0. The fourth-order valence-corrected chi connectivity index (χ4v) is 5.25. The van der Waals surface area contributed by atoms with E-state index in [1.807, 2.05) is 0 Å². The van der Waals surface area contributed by atoms with Gasteiger partial charge in [-0.3, -0.25) is 29.8 Å². The second kappa shape index (κ2) is 20.3. The maximum Gasteiger partial charge on any atom is 3.00 e. The first-order chi connectivity index (χ1) is 27.0. The number of ketones is 2. The van der Waals surface area contributed by atoms with Crippen molar-refractivity contribution in [1.29, 1.82) is 0 Å². The Hall–Kier alpha value is -7.15. The number of carbonyl (C=O) groups excluding carboxylic acids is 2. The molecule has 0 fully saturated rings. The normalized spacial score (nSPS) is 12.3. The Kier molecular flexibility index (Phi) is 16.5. The number of Topliss-reactive ketones (excluding diaryl/α,β-unsaturated/α-hetero) is 2. The molecular formula is C32H25CrN8O16S2. The monoisotopic (exact) mass is 893 g/mol. The molecule has 0 aliphatic heterocycles. The van der Waals surface area contributed by atoms with Crippen LogP contribution in [0.3, 0.4) is 0 Å². The van der Waals surface area contributed by atoms with Crippen molar-refractivity contribution in [2.24, 2.45) is 20.5 Å². The summed E-state index contributed by atoms with van der Waals surface area (Å²) >= 11 is 0. The van der Waals surface area contributed by atoms with Crippen molar-refractivity contribution in [2.75, 3.05) is 10.6 Å². The number of carbonyl (C=O) groups is 2. The van der Waals surface area contributed by atoms with Crippen molar-refractivity contribution in [3.05, 3.63) is 128 Å². The first kappa shape index (κ1) is 48.0. The number of allylic oxidation sites excluding steroid dienone is 2. The number of para-hydroxylation sites is 2. The molecule has 0 atom stereocenters. The van der Waals surface area contributed by atoms with Gasteiger partial charge in [0.05, 0.1) is 31.0 Å².